The van der Waals surface area contributed by atoms with Gasteiger partial charge in [0.15, 0.2) is 0 Å². The van der Waals surface area contributed by atoms with Crippen LogP contribution in [0.25, 0.3) is 16.7 Å². The second-order valence-electron chi connectivity index (χ2n) is 6.69. The van der Waals surface area contributed by atoms with Gasteiger partial charge in [-0.25, -0.2) is 4.68 Å². The van der Waals surface area contributed by atoms with E-state index in [2.05, 4.69) is 34.4 Å². The van der Waals surface area contributed by atoms with E-state index in [0.717, 1.165) is 41.8 Å². The third kappa shape index (κ3) is 4.15. The largest absolute Gasteiger partial charge is 0.312 e. The second kappa shape index (κ2) is 8.03. The molecule has 6 nitrogen and oxygen atoms in total. The summed E-state index contributed by atoms with van der Waals surface area (Å²) in [6.45, 7) is 4.39. The third-order valence-corrected chi connectivity index (χ3v) is 4.55. The van der Waals surface area contributed by atoms with Crippen LogP contribution in [0, 0.1) is 6.92 Å². The number of aromatic nitrogens is 3. The van der Waals surface area contributed by atoms with Crippen molar-refractivity contribution in [2.24, 2.45) is 0 Å². The van der Waals surface area contributed by atoms with Gasteiger partial charge >= 0.3 is 0 Å². The lowest BCUT2D eigenvalue weighted by molar-refractivity contribution is 0.394. The van der Waals surface area contributed by atoms with Gasteiger partial charge in [0, 0.05) is 22.5 Å². The summed E-state index contributed by atoms with van der Waals surface area (Å²) < 4.78 is 1.75. The van der Waals surface area contributed by atoms with Crippen molar-refractivity contribution in [3.63, 3.8) is 0 Å². The number of nitrogens with zero attached hydrogens (tertiary/aromatic N) is 3. The van der Waals surface area contributed by atoms with Crippen LogP contribution in [-0.4, -0.2) is 46.8 Å². The van der Waals surface area contributed by atoms with Crippen LogP contribution in [0.1, 0.15) is 17.7 Å². The highest BCUT2D eigenvalue weighted by Crippen LogP contribution is 2.21. The number of hydrogen-bond donors (Lipinski definition) is 2. The summed E-state index contributed by atoms with van der Waals surface area (Å²) in [6.07, 6.45) is 1.04. The van der Waals surface area contributed by atoms with E-state index in [-0.39, 0.29) is 5.56 Å². The number of aromatic amines is 1. The predicted octanol–water partition coefficient (Wildman–Crippen LogP) is 2.72. The van der Waals surface area contributed by atoms with Crippen molar-refractivity contribution < 1.29 is 0 Å². The van der Waals surface area contributed by atoms with Crippen LogP contribution in [0.5, 0.6) is 0 Å². The molecule has 2 aromatic heterocycles. The van der Waals surface area contributed by atoms with Crippen LogP contribution in [0.2, 0.25) is 5.02 Å². The zero-order valence-electron chi connectivity index (χ0n) is 15.3. The van der Waals surface area contributed by atoms with Crippen LogP contribution < -0.4 is 10.9 Å². The average molecular weight is 374 g/mol. The van der Waals surface area contributed by atoms with Crippen molar-refractivity contribution in [3.8, 4) is 5.69 Å². The molecule has 0 bridgehead atoms. The zero-order chi connectivity index (χ0) is 18.7. The summed E-state index contributed by atoms with van der Waals surface area (Å²) in [5.41, 5.74) is 3.07. The Bertz CT molecular complexity index is 943. The lowest BCUT2D eigenvalue weighted by atomic mass is 10.2. The molecular weight excluding hydrogens is 350 g/mol. The molecule has 1 aromatic carbocycles. The molecule has 138 valence electrons. The van der Waals surface area contributed by atoms with Gasteiger partial charge in [-0.05, 0) is 70.9 Å². The Kier molecular flexibility index (Phi) is 5.76. The second-order valence-corrected chi connectivity index (χ2v) is 7.13. The van der Waals surface area contributed by atoms with Gasteiger partial charge in [-0.15, -0.1) is 0 Å². The van der Waals surface area contributed by atoms with Crippen LogP contribution >= 0.6 is 11.6 Å². The first-order valence-corrected chi connectivity index (χ1v) is 9.06. The minimum Gasteiger partial charge on any atom is -0.312 e. The van der Waals surface area contributed by atoms with Crippen LogP contribution in [0.15, 0.2) is 35.1 Å². The molecule has 0 atom stereocenters. The van der Waals surface area contributed by atoms with Gasteiger partial charge in [-0.2, -0.15) is 5.10 Å². The fourth-order valence-corrected chi connectivity index (χ4v) is 3.03. The van der Waals surface area contributed by atoms with E-state index in [1.807, 2.05) is 37.3 Å². The van der Waals surface area contributed by atoms with Gasteiger partial charge in [-0.3, -0.25) is 4.79 Å². The van der Waals surface area contributed by atoms with Gasteiger partial charge in [0.05, 0.1) is 11.4 Å². The standard InChI is InChI=1S/C19H24ClN5O/c1-13-17-11-14(12-21-9-4-10-24(2)3)19(26)22-18(17)25(23-13)16-7-5-15(20)6-8-16/h5-8,11,21H,4,9-10,12H2,1-3H3,(H,22,26). The molecule has 0 spiro atoms. The number of fused-ring (bicyclic) bond motifs is 1. The first-order valence-electron chi connectivity index (χ1n) is 8.68. The minimum atomic E-state index is -0.0901. The smallest absolute Gasteiger partial charge is 0.254 e. The Morgan fingerprint density at radius 3 is 2.69 bits per heavy atom. The molecule has 3 rings (SSSR count). The van der Waals surface area contributed by atoms with Crippen molar-refractivity contribution >= 4 is 22.6 Å². The van der Waals surface area contributed by atoms with E-state index in [4.69, 9.17) is 11.6 Å². The maximum atomic E-state index is 12.5. The number of hydrogen-bond acceptors (Lipinski definition) is 4. The number of halogens is 1. The maximum absolute atomic E-state index is 12.5. The average Bonchev–Trinajstić information content (AvgIpc) is 2.91. The molecule has 3 aromatic rings. The number of aryl methyl sites for hydroxylation is 1. The highest BCUT2D eigenvalue weighted by atomic mass is 35.5. The fourth-order valence-electron chi connectivity index (χ4n) is 2.90. The van der Waals surface area contributed by atoms with Crippen molar-refractivity contribution in [1.82, 2.24) is 25.0 Å². The van der Waals surface area contributed by atoms with E-state index >= 15 is 0 Å². The summed E-state index contributed by atoms with van der Waals surface area (Å²) in [6, 6.07) is 9.31. The molecule has 0 aliphatic carbocycles. The number of pyridine rings is 1. The fraction of sp³-hybridized carbons (Fsp3) is 0.368. The number of H-pyrrole nitrogens is 1. The van der Waals surface area contributed by atoms with Crippen molar-refractivity contribution in [2.45, 2.75) is 19.9 Å². The molecule has 0 saturated heterocycles. The molecule has 0 fully saturated rings. The van der Waals surface area contributed by atoms with E-state index in [1.54, 1.807) is 4.68 Å². The Morgan fingerprint density at radius 1 is 1.27 bits per heavy atom. The summed E-state index contributed by atoms with van der Waals surface area (Å²) >= 11 is 5.96. The van der Waals surface area contributed by atoms with E-state index in [1.165, 1.54) is 0 Å². The molecule has 0 unspecified atom stereocenters. The molecule has 2 heterocycles. The zero-order valence-corrected chi connectivity index (χ0v) is 16.1. The molecule has 0 radical (unpaired) electrons. The summed E-state index contributed by atoms with van der Waals surface area (Å²) in [5.74, 6) is 0. The number of nitrogens with one attached hydrogen (secondary N) is 2. The van der Waals surface area contributed by atoms with Crippen LogP contribution in [0.3, 0.4) is 0 Å². The molecule has 26 heavy (non-hydrogen) atoms. The Hall–Kier alpha value is -2.15. The highest BCUT2D eigenvalue weighted by molar-refractivity contribution is 6.30. The topological polar surface area (TPSA) is 66.0 Å². The van der Waals surface area contributed by atoms with Gasteiger partial charge in [0.1, 0.15) is 5.65 Å². The highest BCUT2D eigenvalue weighted by Gasteiger charge is 2.12. The van der Waals surface area contributed by atoms with Crippen molar-refractivity contribution in [1.29, 1.82) is 0 Å². The van der Waals surface area contributed by atoms with Crippen LogP contribution in [-0.2, 0) is 6.54 Å². The Morgan fingerprint density at radius 2 is 2.00 bits per heavy atom. The predicted molar refractivity (Wildman–Crippen MR) is 106 cm³/mol. The quantitative estimate of drug-likeness (QED) is 0.625. The SMILES string of the molecule is Cc1nn(-c2ccc(Cl)cc2)c2[nH]c(=O)c(CNCCCN(C)C)cc12. The lowest BCUT2D eigenvalue weighted by Crippen LogP contribution is -2.24. The summed E-state index contributed by atoms with van der Waals surface area (Å²) in [5, 5.41) is 9.53. The molecule has 0 saturated carbocycles. The molecule has 0 amide bonds. The summed E-state index contributed by atoms with van der Waals surface area (Å²) in [7, 11) is 4.11. The van der Waals surface area contributed by atoms with E-state index < -0.39 is 0 Å². The van der Waals surface area contributed by atoms with Gasteiger partial charge < -0.3 is 15.2 Å². The number of rotatable bonds is 7. The first-order chi connectivity index (χ1) is 12.5. The van der Waals surface area contributed by atoms with E-state index in [0.29, 0.717) is 17.2 Å². The molecule has 7 heteroatoms. The number of benzene rings is 1. The van der Waals surface area contributed by atoms with Gasteiger partial charge in [0.2, 0.25) is 0 Å². The van der Waals surface area contributed by atoms with Crippen molar-refractivity contribution in [2.75, 3.05) is 27.2 Å². The molecular formula is C19H24ClN5O. The van der Waals surface area contributed by atoms with Gasteiger partial charge in [0.25, 0.3) is 5.56 Å². The monoisotopic (exact) mass is 373 g/mol. The normalized spacial score (nSPS) is 11.6. The summed E-state index contributed by atoms with van der Waals surface area (Å²) in [4.78, 5) is 17.6. The minimum absolute atomic E-state index is 0.0901. The van der Waals surface area contributed by atoms with Crippen molar-refractivity contribution in [3.05, 3.63) is 57.0 Å². The Labute approximate surface area is 157 Å². The molecule has 0 aliphatic rings. The molecule has 0 aliphatic heterocycles. The third-order valence-electron chi connectivity index (χ3n) is 4.29. The van der Waals surface area contributed by atoms with Gasteiger partial charge in [-0.1, -0.05) is 11.6 Å². The van der Waals surface area contributed by atoms with Crippen LogP contribution in [0.4, 0.5) is 0 Å². The van der Waals surface area contributed by atoms with E-state index in [9.17, 15) is 4.79 Å². The maximum Gasteiger partial charge on any atom is 0.254 e. The first kappa shape index (κ1) is 18.6. The molecule has 2 N–H and O–H groups in total. The Balaban J connectivity index is 1.84. The lowest BCUT2D eigenvalue weighted by Gasteiger charge is -2.09.